The highest BCUT2D eigenvalue weighted by molar-refractivity contribution is 6.06. The summed E-state index contributed by atoms with van der Waals surface area (Å²) in [4.78, 5) is 41.7. The number of carbonyl (C=O) groups is 2. The van der Waals surface area contributed by atoms with E-state index in [0.29, 0.717) is 54.0 Å². The zero-order valence-corrected chi connectivity index (χ0v) is 15.4. The van der Waals surface area contributed by atoms with Gasteiger partial charge >= 0.3 is 0 Å². The molecule has 1 aromatic carbocycles. The van der Waals surface area contributed by atoms with Crippen LogP contribution < -0.4 is 10.9 Å². The number of piperidine rings is 1. The van der Waals surface area contributed by atoms with Crippen LogP contribution in [0.15, 0.2) is 45.7 Å². The molecule has 1 saturated heterocycles. The number of aromatic nitrogens is 2. The van der Waals surface area contributed by atoms with E-state index in [1.54, 1.807) is 24.0 Å². The lowest BCUT2D eigenvalue weighted by Crippen LogP contribution is -2.41. The Bertz CT molecular complexity index is 1090. The number of pyridine rings is 1. The SMILES string of the molecule is Cc1cc(NC(=O)C2CCN(C(=O)c3cc(=O)[nH]c4ccccc34)CC2)no1. The normalized spacial score (nSPS) is 15.0. The average molecular weight is 380 g/mol. The monoisotopic (exact) mass is 380 g/mol. The number of likely N-dealkylation sites (tertiary alicyclic amines) is 1. The minimum Gasteiger partial charge on any atom is -0.360 e. The Kier molecular flexibility index (Phi) is 4.68. The number of para-hydroxylation sites is 1. The summed E-state index contributed by atoms with van der Waals surface area (Å²) < 4.78 is 4.95. The first kappa shape index (κ1) is 18.0. The van der Waals surface area contributed by atoms with E-state index in [9.17, 15) is 14.4 Å². The van der Waals surface area contributed by atoms with Crippen molar-refractivity contribution in [3.63, 3.8) is 0 Å². The van der Waals surface area contributed by atoms with Crippen molar-refractivity contribution in [2.45, 2.75) is 19.8 Å². The van der Waals surface area contributed by atoms with Gasteiger partial charge in [-0.2, -0.15) is 0 Å². The van der Waals surface area contributed by atoms with Gasteiger partial charge in [-0.3, -0.25) is 14.4 Å². The van der Waals surface area contributed by atoms with Crippen LogP contribution in [0.1, 0.15) is 29.0 Å². The highest BCUT2D eigenvalue weighted by Gasteiger charge is 2.29. The van der Waals surface area contributed by atoms with E-state index in [1.807, 2.05) is 18.2 Å². The van der Waals surface area contributed by atoms with Gasteiger partial charge < -0.3 is 19.7 Å². The van der Waals surface area contributed by atoms with Crippen molar-refractivity contribution < 1.29 is 14.1 Å². The largest absolute Gasteiger partial charge is 0.360 e. The molecule has 2 N–H and O–H groups in total. The van der Waals surface area contributed by atoms with Gasteiger partial charge in [0, 0.05) is 42.0 Å². The van der Waals surface area contributed by atoms with Crippen LogP contribution in [0.25, 0.3) is 10.9 Å². The van der Waals surface area contributed by atoms with E-state index < -0.39 is 0 Å². The zero-order valence-electron chi connectivity index (χ0n) is 15.4. The second-order valence-electron chi connectivity index (χ2n) is 6.97. The Hall–Kier alpha value is -3.42. The van der Waals surface area contributed by atoms with E-state index in [-0.39, 0.29) is 23.3 Å². The van der Waals surface area contributed by atoms with Crippen LogP contribution in [0, 0.1) is 12.8 Å². The van der Waals surface area contributed by atoms with Crippen molar-refractivity contribution in [2.75, 3.05) is 18.4 Å². The predicted octanol–water partition coefficient (Wildman–Crippen LogP) is 2.32. The third-order valence-corrected chi connectivity index (χ3v) is 5.01. The van der Waals surface area contributed by atoms with Crippen LogP contribution in [0.3, 0.4) is 0 Å². The lowest BCUT2D eigenvalue weighted by molar-refractivity contribution is -0.121. The highest BCUT2D eigenvalue weighted by atomic mass is 16.5. The molecule has 0 saturated carbocycles. The van der Waals surface area contributed by atoms with Gasteiger partial charge in [-0.1, -0.05) is 23.4 Å². The molecule has 0 spiro atoms. The number of amides is 2. The van der Waals surface area contributed by atoms with Crippen molar-refractivity contribution in [3.8, 4) is 0 Å². The fourth-order valence-electron chi connectivity index (χ4n) is 3.55. The number of fused-ring (bicyclic) bond motifs is 1. The van der Waals surface area contributed by atoms with Crippen LogP contribution in [0.4, 0.5) is 5.82 Å². The highest BCUT2D eigenvalue weighted by Crippen LogP contribution is 2.23. The Balaban J connectivity index is 1.45. The second-order valence-corrected chi connectivity index (χ2v) is 6.97. The molecule has 28 heavy (non-hydrogen) atoms. The molecule has 0 bridgehead atoms. The molecule has 8 nitrogen and oxygen atoms in total. The summed E-state index contributed by atoms with van der Waals surface area (Å²) in [5, 5.41) is 7.23. The van der Waals surface area contributed by atoms with Gasteiger partial charge in [0.05, 0.1) is 5.56 Å². The quantitative estimate of drug-likeness (QED) is 0.725. The molecule has 0 atom stereocenters. The van der Waals surface area contributed by atoms with Crippen LogP contribution in [0.5, 0.6) is 0 Å². The molecule has 0 radical (unpaired) electrons. The van der Waals surface area contributed by atoms with Crippen molar-refractivity contribution >= 4 is 28.5 Å². The lowest BCUT2D eigenvalue weighted by atomic mass is 9.95. The Morgan fingerprint density at radius 1 is 1.21 bits per heavy atom. The average Bonchev–Trinajstić information content (AvgIpc) is 3.11. The van der Waals surface area contributed by atoms with Gasteiger partial charge in [0.1, 0.15) is 5.76 Å². The number of H-pyrrole nitrogens is 1. The molecule has 3 aromatic rings. The maximum atomic E-state index is 13.0. The first-order chi connectivity index (χ1) is 13.5. The molecule has 4 rings (SSSR count). The number of aryl methyl sites for hydroxylation is 1. The van der Waals surface area contributed by atoms with Gasteiger partial charge in [-0.25, -0.2) is 0 Å². The summed E-state index contributed by atoms with van der Waals surface area (Å²) >= 11 is 0. The molecular weight excluding hydrogens is 360 g/mol. The van der Waals surface area contributed by atoms with E-state index in [4.69, 9.17) is 4.52 Å². The Morgan fingerprint density at radius 2 is 1.96 bits per heavy atom. The topological polar surface area (TPSA) is 108 Å². The fraction of sp³-hybridized carbons (Fsp3) is 0.300. The number of rotatable bonds is 3. The maximum Gasteiger partial charge on any atom is 0.254 e. The molecule has 2 aromatic heterocycles. The molecule has 2 amide bonds. The van der Waals surface area contributed by atoms with Crippen LogP contribution in [0.2, 0.25) is 0 Å². The number of benzene rings is 1. The molecule has 3 heterocycles. The van der Waals surface area contributed by atoms with Gasteiger partial charge in [0.15, 0.2) is 5.82 Å². The van der Waals surface area contributed by atoms with Crippen LogP contribution in [-0.2, 0) is 4.79 Å². The molecular formula is C20H20N4O4. The molecule has 8 heteroatoms. The molecule has 1 fully saturated rings. The van der Waals surface area contributed by atoms with E-state index in [2.05, 4.69) is 15.5 Å². The minimum absolute atomic E-state index is 0.123. The molecule has 0 aliphatic carbocycles. The van der Waals surface area contributed by atoms with Crippen molar-refractivity contribution in [1.29, 1.82) is 0 Å². The maximum absolute atomic E-state index is 13.0. The van der Waals surface area contributed by atoms with Gasteiger partial charge in [0.25, 0.3) is 5.91 Å². The summed E-state index contributed by atoms with van der Waals surface area (Å²) in [6.45, 7) is 2.66. The number of hydrogen-bond acceptors (Lipinski definition) is 5. The van der Waals surface area contributed by atoms with E-state index in [0.717, 1.165) is 0 Å². The van der Waals surface area contributed by atoms with Crippen LogP contribution in [-0.4, -0.2) is 39.9 Å². The van der Waals surface area contributed by atoms with E-state index in [1.165, 1.54) is 6.07 Å². The standard InChI is InChI=1S/C20H20N4O4/c1-12-10-17(23-28-12)22-19(26)13-6-8-24(9-7-13)20(27)15-11-18(25)21-16-5-3-2-4-14(15)16/h2-5,10-11,13H,6-9H2,1H3,(H,21,25)(H,22,23,26). The van der Waals surface area contributed by atoms with Crippen molar-refractivity contribution in [2.24, 2.45) is 5.92 Å². The summed E-state index contributed by atoms with van der Waals surface area (Å²) in [6.07, 6.45) is 1.10. The number of nitrogens with one attached hydrogen (secondary N) is 2. The Morgan fingerprint density at radius 3 is 2.68 bits per heavy atom. The van der Waals surface area contributed by atoms with Crippen molar-refractivity contribution in [3.05, 3.63) is 58.1 Å². The number of hydrogen-bond donors (Lipinski definition) is 2. The molecule has 0 unspecified atom stereocenters. The minimum atomic E-state index is -0.306. The fourth-order valence-corrected chi connectivity index (χ4v) is 3.55. The molecule has 1 aliphatic heterocycles. The Labute approximate surface area is 160 Å². The summed E-state index contributed by atoms with van der Waals surface area (Å²) in [6, 6.07) is 10.2. The van der Waals surface area contributed by atoms with Crippen LogP contribution >= 0.6 is 0 Å². The van der Waals surface area contributed by atoms with Gasteiger partial charge in [0.2, 0.25) is 11.5 Å². The molecule has 144 valence electrons. The van der Waals surface area contributed by atoms with Crippen molar-refractivity contribution in [1.82, 2.24) is 15.0 Å². The first-order valence-corrected chi connectivity index (χ1v) is 9.17. The summed E-state index contributed by atoms with van der Waals surface area (Å²) in [5.41, 5.74) is 0.718. The van der Waals surface area contributed by atoms with Gasteiger partial charge in [-0.05, 0) is 25.8 Å². The third kappa shape index (κ3) is 3.53. The lowest BCUT2D eigenvalue weighted by Gasteiger charge is -2.31. The number of nitrogens with zero attached hydrogens (tertiary/aromatic N) is 2. The third-order valence-electron chi connectivity index (χ3n) is 5.01. The number of carbonyl (C=O) groups excluding carboxylic acids is 2. The summed E-state index contributed by atoms with van der Waals surface area (Å²) in [5.74, 6) is 0.518. The zero-order chi connectivity index (χ0) is 19.7. The number of aromatic amines is 1. The van der Waals surface area contributed by atoms with E-state index >= 15 is 0 Å². The van der Waals surface area contributed by atoms with Gasteiger partial charge in [-0.15, -0.1) is 0 Å². The first-order valence-electron chi connectivity index (χ1n) is 9.17. The predicted molar refractivity (Wildman–Crippen MR) is 103 cm³/mol. The molecule has 1 aliphatic rings. The second kappa shape index (κ2) is 7.30. The smallest absolute Gasteiger partial charge is 0.254 e. The number of anilines is 1. The summed E-state index contributed by atoms with van der Waals surface area (Å²) in [7, 11) is 0.